The molecule has 0 saturated carbocycles. The van der Waals surface area contributed by atoms with Crippen molar-refractivity contribution < 1.29 is 32.2 Å². The summed E-state index contributed by atoms with van der Waals surface area (Å²) < 4.78 is 46.2. The quantitative estimate of drug-likeness (QED) is 0.584. The molecule has 1 N–H and O–H groups in total. The molecule has 164 valence electrons. The van der Waals surface area contributed by atoms with E-state index in [0.29, 0.717) is 28.4 Å². The highest BCUT2D eigenvalue weighted by Crippen LogP contribution is 2.35. The van der Waals surface area contributed by atoms with Crippen LogP contribution < -0.4 is 24.3 Å². The van der Waals surface area contributed by atoms with Gasteiger partial charge in [-0.25, -0.2) is 13.4 Å². The lowest BCUT2D eigenvalue weighted by atomic mass is 10.1. The van der Waals surface area contributed by atoms with Gasteiger partial charge in [0.15, 0.2) is 9.84 Å². The van der Waals surface area contributed by atoms with E-state index >= 15 is 0 Å². The monoisotopic (exact) mass is 446 g/mol. The van der Waals surface area contributed by atoms with Gasteiger partial charge in [-0.2, -0.15) is 0 Å². The second kappa shape index (κ2) is 10.4. The summed E-state index contributed by atoms with van der Waals surface area (Å²) in [5.41, 5.74) is 0.927. The standard InChI is InChI=1S/C21H22N2O7S/c1-6-20(24)23-17-9-14(12-22-21(17)30-5)13-31(25,26)8-7-16-18(28-3)10-15(27-2)11-19(16)29-4/h1,7-12H,13H2,2-5H3,(H,23,24)/b8-7+. The van der Waals surface area contributed by atoms with Crippen LogP contribution in [0.2, 0.25) is 0 Å². The van der Waals surface area contributed by atoms with Crippen LogP contribution >= 0.6 is 0 Å². The van der Waals surface area contributed by atoms with Crippen LogP contribution in [-0.2, 0) is 20.4 Å². The fraction of sp³-hybridized carbons (Fsp3) is 0.238. The van der Waals surface area contributed by atoms with Gasteiger partial charge in [-0.3, -0.25) is 4.79 Å². The SMILES string of the molecule is C#CC(=O)Nc1cc(CS(=O)(=O)/C=C/c2c(OC)cc(OC)cc2OC)cnc1OC. The number of nitrogens with zero attached hydrogens (tertiary/aromatic N) is 1. The van der Waals surface area contributed by atoms with Crippen LogP contribution in [-0.4, -0.2) is 47.7 Å². The largest absolute Gasteiger partial charge is 0.496 e. The molecule has 0 aliphatic heterocycles. The maximum absolute atomic E-state index is 12.7. The maximum atomic E-state index is 12.7. The van der Waals surface area contributed by atoms with Gasteiger partial charge in [0.05, 0.1) is 39.8 Å². The van der Waals surface area contributed by atoms with Crippen molar-refractivity contribution in [3.8, 4) is 35.5 Å². The van der Waals surface area contributed by atoms with Crippen LogP contribution in [0.3, 0.4) is 0 Å². The number of methoxy groups -OCH3 is 4. The number of nitrogens with one attached hydrogen (secondary N) is 1. The smallest absolute Gasteiger partial charge is 0.300 e. The summed E-state index contributed by atoms with van der Waals surface area (Å²) >= 11 is 0. The fourth-order valence-electron chi connectivity index (χ4n) is 2.63. The molecule has 0 aliphatic rings. The number of pyridine rings is 1. The number of sulfone groups is 1. The molecule has 10 heteroatoms. The van der Waals surface area contributed by atoms with Gasteiger partial charge in [0.1, 0.15) is 22.9 Å². The number of hydrogen-bond acceptors (Lipinski definition) is 8. The lowest BCUT2D eigenvalue weighted by Crippen LogP contribution is -2.11. The molecule has 0 bridgehead atoms. The molecule has 1 aromatic heterocycles. The Balaban J connectivity index is 2.34. The molecule has 1 heterocycles. The lowest BCUT2D eigenvalue weighted by Gasteiger charge is -2.12. The minimum Gasteiger partial charge on any atom is -0.496 e. The van der Waals surface area contributed by atoms with Crippen molar-refractivity contribution in [2.75, 3.05) is 33.8 Å². The molecule has 0 radical (unpaired) electrons. The first kappa shape index (κ1) is 23.6. The van der Waals surface area contributed by atoms with Crippen molar-refractivity contribution in [3.05, 3.63) is 40.9 Å². The Bertz CT molecular complexity index is 1110. The minimum absolute atomic E-state index is 0.105. The van der Waals surface area contributed by atoms with Crippen molar-refractivity contribution in [2.45, 2.75) is 5.75 Å². The Hall–Kier alpha value is -3.71. The summed E-state index contributed by atoms with van der Waals surface area (Å²) in [6.45, 7) is 0. The number of aromatic nitrogens is 1. The molecule has 31 heavy (non-hydrogen) atoms. The van der Waals surface area contributed by atoms with Gasteiger partial charge >= 0.3 is 0 Å². The third-order valence-electron chi connectivity index (χ3n) is 4.04. The summed E-state index contributed by atoms with van der Waals surface area (Å²) in [5, 5.41) is 3.46. The lowest BCUT2D eigenvalue weighted by molar-refractivity contribution is -0.111. The number of ether oxygens (including phenoxy) is 4. The van der Waals surface area contributed by atoms with Gasteiger partial charge in [-0.05, 0) is 23.6 Å². The topological polar surface area (TPSA) is 113 Å². The van der Waals surface area contributed by atoms with Gasteiger partial charge in [-0.15, -0.1) is 6.42 Å². The molecule has 2 aromatic rings. The molecule has 0 fully saturated rings. The number of benzene rings is 1. The zero-order valence-corrected chi connectivity index (χ0v) is 18.3. The summed E-state index contributed by atoms with van der Waals surface area (Å²) in [6, 6.07) is 4.66. The number of terminal acetylenes is 1. The van der Waals surface area contributed by atoms with Crippen molar-refractivity contribution in [1.29, 1.82) is 0 Å². The Morgan fingerprint density at radius 1 is 1.10 bits per heavy atom. The Kier molecular flexibility index (Phi) is 7.88. The molecule has 0 saturated heterocycles. The minimum atomic E-state index is -3.73. The Labute approximate surface area is 180 Å². The molecule has 0 spiro atoms. The van der Waals surface area contributed by atoms with E-state index < -0.39 is 15.7 Å². The zero-order valence-electron chi connectivity index (χ0n) is 17.5. The van der Waals surface area contributed by atoms with Gasteiger partial charge in [0.2, 0.25) is 5.88 Å². The van der Waals surface area contributed by atoms with E-state index in [0.717, 1.165) is 5.41 Å². The van der Waals surface area contributed by atoms with Gasteiger partial charge in [0.25, 0.3) is 5.91 Å². The molecule has 0 aliphatic carbocycles. The second-order valence-corrected chi connectivity index (χ2v) is 7.94. The Morgan fingerprint density at radius 3 is 2.26 bits per heavy atom. The second-order valence-electron chi connectivity index (χ2n) is 6.05. The first-order valence-electron chi connectivity index (χ1n) is 8.78. The highest BCUT2D eigenvalue weighted by molar-refractivity contribution is 7.93. The van der Waals surface area contributed by atoms with Crippen molar-refractivity contribution >= 4 is 27.5 Å². The third-order valence-corrected chi connectivity index (χ3v) is 5.33. The van der Waals surface area contributed by atoms with Crippen molar-refractivity contribution in [1.82, 2.24) is 4.98 Å². The fourth-order valence-corrected chi connectivity index (χ4v) is 3.70. The van der Waals surface area contributed by atoms with E-state index in [-0.39, 0.29) is 17.3 Å². The first-order chi connectivity index (χ1) is 14.8. The maximum Gasteiger partial charge on any atom is 0.300 e. The number of carbonyl (C=O) groups is 1. The van der Waals surface area contributed by atoms with Crippen LogP contribution in [0.4, 0.5) is 5.69 Å². The number of amides is 1. The molecule has 0 unspecified atom stereocenters. The van der Waals surface area contributed by atoms with E-state index in [1.54, 1.807) is 12.1 Å². The third kappa shape index (κ3) is 6.13. The van der Waals surface area contributed by atoms with Crippen LogP contribution in [0.1, 0.15) is 11.1 Å². The van der Waals surface area contributed by atoms with E-state index in [9.17, 15) is 13.2 Å². The Morgan fingerprint density at radius 2 is 1.74 bits per heavy atom. The van der Waals surface area contributed by atoms with E-state index in [2.05, 4.69) is 10.3 Å². The van der Waals surface area contributed by atoms with Crippen LogP contribution in [0.25, 0.3) is 6.08 Å². The van der Waals surface area contributed by atoms with Crippen molar-refractivity contribution in [2.24, 2.45) is 0 Å². The highest BCUT2D eigenvalue weighted by Gasteiger charge is 2.15. The predicted molar refractivity (Wildman–Crippen MR) is 116 cm³/mol. The van der Waals surface area contributed by atoms with Crippen LogP contribution in [0, 0.1) is 12.3 Å². The van der Waals surface area contributed by atoms with Gasteiger partial charge in [-0.1, -0.05) is 0 Å². The zero-order chi connectivity index (χ0) is 23.0. The number of carbonyl (C=O) groups excluding carboxylic acids is 1. The van der Waals surface area contributed by atoms with E-state index in [1.165, 1.54) is 46.8 Å². The van der Waals surface area contributed by atoms with Crippen LogP contribution in [0.15, 0.2) is 29.8 Å². The number of anilines is 1. The summed E-state index contributed by atoms with van der Waals surface area (Å²) in [5.74, 6) is 2.19. The molecule has 9 nitrogen and oxygen atoms in total. The van der Waals surface area contributed by atoms with Gasteiger partial charge < -0.3 is 24.3 Å². The molecular weight excluding hydrogens is 424 g/mol. The van der Waals surface area contributed by atoms with E-state index in [4.69, 9.17) is 25.4 Å². The predicted octanol–water partition coefficient (Wildman–Crippen LogP) is 2.27. The normalized spacial score (nSPS) is 10.9. The summed E-state index contributed by atoms with van der Waals surface area (Å²) in [6.07, 6.45) is 7.77. The molecular formula is C21H22N2O7S. The van der Waals surface area contributed by atoms with Crippen LogP contribution in [0.5, 0.6) is 23.1 Å². The highest BCUT2D eigenvalue weighted by atomic mass is 32.2. The first-order valence-corrected chi connectivity index (χ1v) is 10.5. The molecule has 1 amide bonds. The molecule has 1 aromatic carbocycles. The van der Waals surface area contributed by atoms with Gasteiger partial charge in [0, 0.05) is 23.7 Å². The summed E-state index contributed by atoms with van der Waals surface area (Å²) in [7, 11) is 2.04. The molecule has 2 rings (SSSR count). The number of hydrogen-bond donors (Lipinski definition) is 1. The summed E-state index contributed by atoms with van der Waals surface area (Å²) in [4.78, 5) is 15.5. The average Bonchev–Trinajstić information content (AvgIpc) is 2.76. The van der Waals surface area contributed by atoms with Crippen molar-refractivity contribution in [3.63, 3.8) is 0 Å². The number of rotatable bonds is 9. The average molecular weight is 446 g/mol. The van der Waals surface area contributed by atoms with E-state index in [1.807, 2.05) is 5.92 Å². The molecule has 0 atom stereocenters.